The Hall–Kier alpha value is -2.35. The first-order valence-electron chi connectivity index (χ1n) is 8.25. The molecule has 2 fully saturated rings. The van der Waals surface area contributed by atoms with Crippen LogP contribution in [0.1, 0.15) is 46.8 Å². The maximum Gasteiger partial charge on any atom is 0.256 e. The van der Waals surface area contributed by atoms with E-state index in [0.29, 0.717) is 23.7 Å². The number of carbonyl (C=O) groups is 1. The predicted molar refractivity (Wildman–Crippen MR) is 81.9 cm³/mol. The maximum atomic E-state index is 13.9. The van der Waals surface area contributed by atoms with Crippen molar-refractivity contribution in [3.05, 3.63) is 47.1 Å². The van der Waals surface area contributed by atoms with Gasteiger partial charge in [-0.15, -0.1) is 0 Å². The summed E-state index contributed by atoms with van der Waals surface area (Å²) in [5.74, 6) is -1.32. The van der Waals surface area contributed by atoms with Gasteiger partial charge in [-0.1, -0.05) is 5.16 Å². The van der Waals surface area contributed by atoms with E-state index in [-0.39, 0.29) is 37.1 Å². The molecule has 2 aliphatic rings. The number of likely N-dealkylation sites (tertiary alicyclic amines) is 1. The third kappa shape index (κ3) is 3.02. The van der Waals surface area contributed by atoms with Crippen molar-refractivity contribution in [2.24, 2.45) is 5.92 Å². The Bertz CT molecular complexity index is 806. The van der Waals surface area contributed by atoms with E-state index < -0.39 is 17.5 Å². The van der Waals surface area contributed by atoms with Crippen LogP contribution in [0.5, 0.6) is 0 Å². The van der Waals surface area contributed by atoms with Crippen molar-refractivity contribution in [1.82, 2.24) is 15.0 Å². The lowest BCUT2D eigenvalue weighted by Gasteiger charge is -2.16. The van der Waals surface area contributed by atoms with Gasteiger partial charge in [0.25, 0.3) is 5.91 Å². The zero-order chi connectivity index (χ0) is 17.6. The average Bonchev–Trinajstić information content (AvgIpc) is 3.17. The zero-order valence-electron chi connectivity index (χ0n) is 13.4. The van der Waals surface area contributed by atoms with Gasteiger partial charge in [-0.2, -0.15) is 4.98 Å². The first kappa shape index (κ1) is 16.1. The van der Waals surface area contributed by atoms with E-state index in [9.17, 15) is 18.7 Å². The molecule has 8 heteroatoms. The molecule has 2 aromatic rings. The Labute approximate surface area is 142 Å². The first-order valence-corrected chi connectivity index (χ1v) is 8.25. The molecule has 132 valence electrons. The minimum absolute atomic E-state index is 0.151. The largest absolute Gasteiger partial charge is 0.396 e. The van der Waals surface area contributed by atoms with E-state index in [2.05, 4.69) is 10.1 Å². The van der Waals surface area contributed by atoms with Gasteiger partial charge in [0, 0.05) is 37.6 Å². The number of aliphatic hydroxyl groups is 1. The van der Waals surface area contributed by atoms with Crippen LogP contribution in [0.2, 0.25) is 0 Å². The van der Waals surface area contributed by atoms with Gasteiger partial charge in [-0.05, 0) is 25.0 Å². The molecule has 0 spiro atoms. The molecule has 4 rings (SSSR count). The summed E-state index contributed by atoms with van der Waals surface area (Å²) < 4.78 is 32.2. The van der Waals surface area contributed by atoms with Gasteiger partial charge in [0.2, 0.25) is 5.89 Å². The summed E-state index contributed by atoms with van der Waals surface area (Å²) in [6.45, 7) is 0.340. The van der Waals surface area contributed by atoms with Crippen LogP contribution in [0, 0.1) is 17.6 Å². The van der Waals surface area contributed by atoms with Crippen molar-refractivity contribution in [2.75, 3.05) is 19.7 Å². The smallest absolute Gasteiger partial charge is 0.256 e. The van der Waals surface area contributed by atoms with Crippen molar-refractivity contribution >= 4 is 5.91 Å². The quantitative estimate of drug-likeness (QED) is 0.914. The molecule has 1 N–H and O–H groups in total. The van der Waals surface area contributed by atoms with Gasteiger partial charge in [0.1, 0.15) is 11.6 Å². The van der Waals surface area contributed by atoms with Crippen molar-refractivity contribution in [2.45, 2.75) is 24.7 Å². The first-order chi connectivity index (χ1) is 12.1. The van der Waals surface area contributed by atoms with Gasteiger partial charge < -0.3 is 14.5 Å². The third-order valence-corrected chi connectivity index (χ3v) is 4.84. The molecule has 2 atom stereocenters. The monoisotopic (exact) mass is 349 g/mol. The molecule has 2 heterocycles. The van der Waals surface area contributed by atoms with E-state index in [4.69, 9.17) is 4.52 Å². The minimum atomic E-state index is -0.900. The van der Waals surface area contributed by atoms with Crippen LogP contribution in [0.25, 0.3) is 0 Å². The lowest BCUT2D eigenvalue weighted by molar-refractivity contribution is 0.0776. The number of nitrogens with zero attached hydrogens (tertiary/aromatic N) is 3. The van der Waals surface area contributed by atoms with E-state index in [1.165, 1.54) is 4.90 Å². The van der Waals surface area contributed by atoms with Crippen LogP contribution in [-0.4, -0.2) is 45.8 Å². The number of carbonyl (C=O) groups excluding carboxylic acids is 1. The second kappa shape index (κ2) is 6.18. The summed E-state index contributed by atoms with van der Waals surface area (Å²) in [6, 6.07) is 2.86. The summed E-state index contributed by atoms with van der Waals surface area (Å²) in [4.78, 5) is 18.4. The molecule has 0 unspecified atom stereocenters. The van der Waals surface area contributed by atoms with Crippen LogP contribution < -0.4 is 0 Å². The highest BCUT2D eigenvalue weighted by atomic mass is 19.1. The summed E-state index contributed by atoms with van der Waals surface area (Å²) in [5, 5.41) is 13.6. The standard InChI is InChI=1S/C17H17F2N3O3/c18-11-3-4-12(14(19)5-11)17(24)22-6-10(8-23)13(7-22)16-20-15(21-25-16)9-1-2-9/h3-5,9-10,13,23H,1-2,6-8H2/t10-,13+/m0/s1. The van der Waals surface area contributed by atoms with E-state index in [1.807, 2.05) is 0 Å². The molecule has 1 aromatic carbocycles. The average molecular weight is 349 g/mol. The van der Waals surface area contributed by atoms with Crippen molar-refractivity contribution in [3.63, 3.8) is 0 Å². The van der Waals surface area contributed by atoms with Crippen LogP contribution in [-0.2, 0) is 0 Å². The summed E-state index contributed by atoms with van der Waals surface area (Å²) in [5.41, 5.74) is -0.192. The Morgan fingerprint density at radius 2 is 2.12 bits per heavy atom. The Morgan fingerprint density at radius 3 is 2.80 bits per heavy atom. The van der Waals surface area contributed by atoms with Crippen LogP contribution in [0.3, 0.4) is 0 Å². The molecule has 1 amide bonds. The van der Waals surface area contributed by atoms with Gasteiger partial charge in [0.05, 0.1) is 11.5 Å². The van der Waals surface area contributed by atoms with Gasteiger partial charge in [-0.25, -0.2) is 8.78 Å². The highest BCUT2D eigenvalue weighted by Crippen LogP contribution is 2.40. The molecule has 0 bridgehead atoms. The van der Waals surface area contributed by atoms with Crippen LogP contribution in [0.15, 0.2) is 22.7 Å². The van der Waals surface area contributed by atoms with E-state index in [1.54, 1.807) is 0 Å². The number of aliphatic hydroxyl groups excluding tert-OH is 1. The molecule has 1 saturated carbocycles. The van der Waals surface area contributed by atoms with Crippen molar-refractivity contribution in [1.29, 1.82) is 0 Å². The minimum Gasteiger partial charge on any atom is -0.396 e. The lowest BCUT2D eigenvalue weighted by atomic mass is 9.97. The van der Waals surface area contributed by atoms with Gasteiger partial charge in [0.15, 0.2) is 5.82 Å². The van der Waals surface area contributed by atoms with E-state index >= 15 is 0 Å². The summed E-state index contributed by atoms with van der Waals surface area (Å²) >= 11 is 0. The zero-order valence-corrected chi connectivity index (χ0v) is 13.4. The number of hydrogen-bond donors (Lipinski definition) is 1. The molecule has 1 aliphatic heterocycles. The van der Waals surface area contributed by atoms with E-state index in [0.717, 1.165) is 25.0 Å². The topological polar surface area (TPSA) is 79.5 Å². The second-order valence-electron chi connectivity index (χ2n) is 6.65. The SMILES string of the molecule is O=C(c1ccc(F)cc1F)N1C[C@@H](CO)[C@H](c2nc(C3CC3)no2)C1. The summed E-state index contributed by atoms with van der Waals surface area (Å²) in [6.07, 6.45) is 2.09. The van der Waals surface area contributed by atoms with Gasteiger partial charge in [-0.3, -0.25) is 4.79 Å². The summed E-state index contributed by atoms with van der Waals surface area (Å²) in [7, 11) is 0. The highest BCUT2D eigenvalue weighted by molar-refractivity contribution is 5.94. The third-order valence-electron chi connectivity index (χ3n) is 4.84. The number of benzene rings is 1. The Kier molecular flexibility index (Phi) is 3.99. The fourth-order valence-electron chi connectivity index (χ4n) is 3.24. The molecule has 1 aliphatic carbocycles. The van der Waals surface area contributed by atoms with Crippen molar-refractivity contribution in [3.8, 4) is 0 Å². The molecule has 25 heavy (non-hydrogen) atoms. The molecular formula is C17H17F2N3O3. The van der Waals surface area contributed by atoms with Gasteiger partial charge >= 0.3 is 0 Å². The molecule has 6 nitrogen and oxygen atoms in total. The molecule has 1 saturated heterocycles. The predicted octanol–water partition coefficient (Wildman–Crippen LogP) is 2.07. The molecule has 1 aromatic heterocycles. The number of hydrogen-bond acceptors (Lipinski definition) is 5. The van der Waals surface area contributed by atoms with Crippen molar-refractivity contribution < 1.29 is 23.2 Å². The normalized spacial score (nSPS) is 23.2. The number of halogens is 2. The van der Waals surface area contributed by atoms with Crippen LogP contribution in [0.4, 0.5) is 8.78 Å². The number of amides is 1. The highest BCUT2D eigenvalue weighted by Gasteiger charge is 2.40. The van der Waals surface area contributed by atoms with Crippen LogP contribution >= 0.6 is 0 Å². The molecule has 0 radical (unpaired) electrons. The maximum absolute atomic E-state index is 13.9. The Balaban J connectivity index is 1.54. The lowest BCUT2D eigenvalue weighted by Crippen LogP contribution is -2.30. The molecular weight excluding hydrogens is 332 g/mol. The fraction of sp³-hybridized carbons (Fsp3) is 0.471. The number of aromatic nitrogens is 2. The Morgan fingerprint density at radius 1 is 1.32 bits per heavy atom. The fourth-order valence-corrected chi connectivity index (χ4v) is 3.24. The number of rotatable bonds is 4. The second-order valence-corrected chi connectivity index (χ2v) is 6.65.